The summed E-state index contributed by atoms with van der Waals surface area (Å²) >= 11 is 6.40. The van der Waals surface area contributed by atoms with E-state index in [1.807, 2.05) is 35.2 Å². The number of benzene rings is 2. The Morgan fingerprint density at radius 3 is 2.82 bits per heavy atom. The first kappa shape index (κ1) is 19.1. The van der Waals surface area contributed by atoms with E-state index in [1.165, 1.54) is 5.56 Å². The van der Waals surface area contributed by atoms with Crippen LogP contribution < -0.4 is 14.4 Å². The van der Waals surface area contributed by atoms with Crippen molar-refractivity contribution in [2.24, 2.45) is 0 Å². The van der Waals surface area contributed by atoms with Crippen molar-refractivity contribution in [2.45, 2.75) is 25.3 Å². The summed E-state index contributed by atoms with van der Waals surface area (Å²) < 4.78 is 11.4. The summed E-state index contributed by atoms with van der Waals surface area (Å²) in [7, 11) is 4.12. The van der Waals surface area contributed by atoms with Gasteiger partial charge in [0.05, 0.1) is 24.7 Å². The highest BCUT2D eigenvalue weighted by atomic mass is 35.5. The van der Waals surface area contributed by atoms with Crippen LogP contribution in [0.1, 0.15) is 17.5 Å². The number of para-hydroxylation sites is 1. The van der Waals surface area contributed by atoms with E-state index in [2.05, 4.69) is 25.1 Å². The van der Waals surface area contributed by atoms with Crippen LogP contribution in [0.3, 0.4) is 0 Å². The molecule has 2 heterocycles. The Morgan fingerprint density at radius 1 is 1.21 bits per heavy atom. The molecule has 0 unspecified atom stereocenters. The second kappa shape index (κ2) is 8.02. The summed E-state index contributed by atoms with van der Waals surface area (Å²) in [5.74, 6) is 1.26. The van der Waals surface area contributed by atoms with Gasteiger partial charge in [-0.2, -0.15) is 0 Å². The molecule has 4 rings (SSSR count). The summed E-state index contributed by atoms with van der Waals surface area (Å²) in [6.07, 6.45) is 2.03. The maximum Gasteiger partial charge on any atom is 0.231 e. The molecule has 0 saturated carbocycles. The maximum absolute atomic E-state index is 13.2. The van der Waals surface area contributed by atoms with Crippen molar-refractivity contribution in [2.75, 3.05) is 38.8 Å². The van der Waals surface area contributed by atoms with E-state index in [4.69, 9.17) is 21.1 Å². The number of nitrogens with zero attached hydrogens (tertiary/aromatic N) is 2. The average Bonchev–Trinajstić information content (AvgIpc) is 2.93. The first-order chi connectivity index (χ1) is 13.5. The van der Waals surface area contributed by atoms with Crippen LogP contribution in [0.4, 0.5) is 5.69 Å². The predicted octanol–water partition coefficient (Wildman–Crippen LogP) is 3.56. The maximum atomic E-state index is 13.2. The third kappa shape index (κ3) is 3.82. The number of hydrogen-bond acceptors (Lipinski definition) is 4. The van der Waals surface area contributed by atoms with Gasteiger partial charge in [-0.3, -0.25) is 4.79 Å². The number of likely N-dealkylation sites (N-methyl/N-ethyl adjacent to an activating group) is 1. The topological polar surface area (TPSA) is 42.0 Å². The smallest absolute Gasteiger partial charge is 0.231 e. The van der Waals surface area contributed by atoms with Gasteiger partial charge in [0.25, 0.3) is 0 Å². The van der Waals surface area contributed by atoms with Crippen LogP contribution in [0, 0.1) is 0 Å². The van der Waals surface area contributed by atoms with Gasteiger partial charge < -0.3 is 19.3 Å². The van der Waals surface area contributed by atoms with Gasteiger partial charge in [0, 0.05) is 24.7 Å². The van der Waals surface area contributed by atoms with Gasteiger partial charge in [-0.05, 0) is 49.8 Å². The second-order valence-electron chi connectivity index (χ2n) is 7.59. The molecule has 5 nitrogen and oxygen atoms in total. The number of ether oxygens (including phenoxy) is 2. The van der Waals surface area contributed by atoms with Crippen molar-refractivity contribution >= 4 is 23.2 Å². The van der Waals surface area contributed by atoms with Crippen LogP contribution in [0.2, 0.25) is 5.02 Å². The van der Waals surface area contributed by atoms with Crippen LogP contribution in [-0.2, 0) is 17.6 Å². The largest absolute Gasteiger partial charge is 0.489 e. The van der Waals surface area contributed by atoms with Crippen LogP contribution in [0.5, 0.6) is 11.5 Å². The summed E-state index contributed by atoms with van der Waals surface area (Å²) in [5, 5.41) is 0.493. The first-order valence-electron chi connectivity index (χ1n) is 9.65. The quantitative estimate of drug-likeness (QED) is 0.790. The minimum absolute atomic E-state index is 0.0598. The van der Waals surface area contributed by atoms with Gasteiger partial charge in [0.15, 0.2) is 11.5 Å². The minimum atomic E-state index is 0.0598. The molecule has 148 valence electrons. The number of fused-ring (bicyclic) bond motifs is 2. The molecular weight excluding hydrogens is 376 g/mol. The Bertz CT molecular complexity index is 884. The normalized spacial score (nSPS) is 18.6. The van der Waals surface area contributed by atoms with Crippen LogP contribution in [0.25, 0.3) is 0 Å². The molecule has 1 atom stereocenters. The van der Waals surface area contributed by atoms with Gasteiger partial charge in [-0.25, -0.2) is 0 Å². The number of rotatable bonds is 3. The summed E-state index contributed by atoms with van der Waals surface area (Å²) in [4.78, 5) is 17.3. The molecule has 6 heteroatoms. The number of carbonyl (C=O) groups is 1. The van der Waals surface area contributed by atoms with E-state index in [0.29, 0.717) is 42.3 Å². The highest BCUT2D eigenvalue weighted by Gasteiger charge is 2.29. The lowest BCUT2D eigenvalue weighted by Gasteiger charge is -2.37. The van der Waals surface area contributed by atoms with E-state index in [9.17, 15) is 4.79 Å². The lowest BCUT2D eigenvalue weighted by molar-refractivity contribution is -0.118. The highest BCUT2D eigenvalue weighted by Crippen LogP contribution is 2.38. The number of amides is 1. The van der Waals surface area contributed by atoms with Gasteiger partial charge in [0.2, 0.25) is 5.91 Å². The number of carbonyl (C=O) groups excluding carboxylic acids is 1. The molecule has 2 aliphatic rings. The Balaban J connectivity index is 1.60. The van der Waals surface area contributed by atoms with Crippen molar-refractivity contribution in [3.05, 3.63) is 52.5 Å². The van der Waals surface area contributed by atoms with Crippen molar-refractivity contribution in [3.8, 4) is 11.5 Å². The number of anilines is 1. The van der Waals surface area contributed by atoms with Gasteiger partial charge in [-0.15, -0.1) is 0 Å². The molecule has 0 aliphatic carbocycles. The van der Waals surface area contributed by atoms with Gasteiger partial charge >= 0.3 is 0 Å². The zero-order valence-corrected chi connectivity index (χ0v) is 17.0. The van der Waals surface area contributed by atoms with Crippen LogP contribution >= 0.6 is 11.6 Å². The van der Waals surface area contributed by atoms with E-state index in [-0.39, 0.29) is 12.3 Å². The molecular formula is C22H25ClN2O3. The van der Waals surface area contributed by atoms with E-state index < -0.39 is 0 Å². The molecule has 0 bridgehead atoms. The second-order valence-corrected chi connectivity index (χ2v) is 7.99. The number of hydrogen-bond donors (Lipinski definition) is 0. The third-order valence-corrected chi connectivity index (χ3v) is 5.66. The van der Waals surface area contributed by atoms with Crippen LogP contribution in [-0.4, -0.2) is 50.7 Å². The average molecular weight is 401 g/mol. The summed E-state index contributed by atoms with van der Waals surface area (Å²) in [5.41, 5.74) is 3.05. The molecule has 2 aromatic rings. The summed E-state index contributed by atoms with van der Waals surface area (Å²) in [6.45, 7) is 1.85. The molecule has 1 amide bonds. The standard InChI is InChI=1S/C22H25ClN2O3/c1-24(2)17-13-16-6-3-4-7-19(16)25(14-17)21(26)12-15-10-18(23)22-20(11-15)27-8-5-9-28-22/h3-4,6-7,10-11,17H,5,8-9,12-14H2,1-2H3/t17-/m1/s1. The van der Waals surface area contributed by atoms with E-state index in [0.717, 1.165) is 24.1 Å². The molecule has 0 radical (unpaired) electrons. The lowest BCUT2D eigenvalue weighted by atomic mass is 9.96. The van der Waals surface area contributed by atoms with Crippen molar-refractivity contribution in [3.63, 3.8) is 0 Å². The molecule has 0 fully saturated rings. The molecule has 28 heavy (non-hydrogen) atoms. The molecule has 2 aliphatic heterocycles. The Hall–Kier alpha value is -2.24. The molecule has 0 saturated heterocycles. The zero-order chi connectivity index (χ0) is 19.7. The monoisotopic (exact) mass is 400 g/mol. The highest BCUT2D eigenvalue weighted by molar-refractivity contribution is 6.32. The summed E-state index contributed by atoms with van der Waals surface area (Å²) in [6, 6.07) is 12.1. The molecule has 0 spiro atoms. The fraction of sp³-hybridized carbons (Fsp3) is 0.409. The van der Waals surface area contributed by atoms with E-state index >= 15 is 0 Å². The molecule has 0 N–H and O–H groups in total. The molecule has 2 aromatic carbocycles. The van der Waals surface area contributed by atoms with Crippen molar-refractivity contribution < 1.29 is 14.3 Å². The lowest BCUT2D eigenvalue weighted by Crippen LogP contribution is -2.48. The predicted molar refractivity (Wildman–Crippen MR) is 111 cm³/mol. The van der Waals surface area contributed by atoms with Gasteiger partial charge in [-0.1, -0.05) is 29.8 Å². The third-order valence-electron chi connectivity index (χ3n) is 5.38. The molecule has 0 aromatic heterocycles. The van der Waals surface area contributed by atoms with Crippen molar-refractivity contribution in [1.29, 1.82) is 0 Å². The van der Waals surface area contributed by atoms with Crippen LogP contribution in [0.15, 0.2) is 36.4 Å². The fourth-order valence-electron chi connectivity index (χ4n) is 3.81. The fourth-order valence-corrected chi connectivity index (χ4v) is 4.10. The Labute approximate surface area is 170 Å². The minimum Gasteiger partial charge on any atom is -0.489 e. The first-order valence-corrected chi connectivity index (χ1v) is 10.0. The Kier molecular flexibility index (Phi) is 5.47. The van der Waals surface area contributed by atoms with E-state index in [1.54, 1.807) is 0 Å². The van der Waals surface area contributed by atoms with Gasteiger partial charge in [0.1, 0.15) is 0 Å². The SMILES string of the molecule is CN(C)[C@@H]1Cc2ccccc2N(C(=O)Cc2cc(Cl)c3c(c2)OCCCO3)C1. The number of halogens is 1. The zero-order valence-electron chi connectivity index (χ0n) is 16.3. The van der Waals surface area contributed by atoms with Crippen molar-refractivity contribution in [1.82, 2.24) is 4.90 Å². The Morgan fingerprint density at radius 2 is 2.00 bits per heavy atom.